The first-order valence-corrected chi connectivity index (χ1v) is 13.4. The summed E-state index contributed by atoms with van der Waals surface area (Å²) in [6.07, 6.45) is 4.67. The number of nitrogens with zero attached hydrogens (tertiary/aromatic N) is 5. The molecule has 0 unspecified atom stereocenters. The van der Waals surface area contributed by atoms with E-state index < -0.39 is 5.82 Å². The van der Waals surface area contributed by atoms with Gasteiger partial charge < -0.3 is 19.9 Å². The van der Waals surface area contributed by atoms with Gasteiger partial charge in [-0.3, -0.25) is 4.98 Å². The van der Waals surface area contributed by atoms with Crippen molar-refractivity contribution in [3.05, 3.63) is 65.2 Å². The van der Waals surface area contributed by atoms with Gasteiger partial charge >= 0.3 is 0 Å². The molecule has 0 spiro atoms. The van der Waals surface area contributed by atoms with Gasteiger partial charge in [-0.05, 0) is 50.6 Å². The molecule has 0 atom stereocenters. The van der Waals surface area contributed by atoms with E-state index in [0.29, 0.717) is 41.2 Å². The van der Waals surface area contributed by atoms with Gasteiger partial charge in [-0.1, -0.05) is 24.6 Å². The predicted molar refractivity (Wildman–Crippen MR) is 153 cm³/mol. The lowest BCUT2D eigenvalue weighted by molar-refractivity contribution is 0.122. The Kier molecular flexibility index (Phi) is 7.90. The lowest BCUT2D eigenvalue weighted by Gasteiger charge is -2.31. The Hall–Kier alpha value is -3.49. The first kappa shape index (κ1) is 26.1. The lowest BCUT2D eigenvalue weighted by Crippen LogP contribution is -2.37. The molecule has 0 aliphatic carbocycles. The molecule has 1 saturated heterocycles. The van der Waals surface area contributed by atoms with Crippen LogP contribution in [0.1, 0.15) is 25.8 Å². The normalized spacial score (nSPS) is 13.7. The highest BCUT2D eigenvalue weighted by Gasteiger charge is 2.23. The maximum Gasteiger partial charge on any atom is 0.153 e. The zero-order valence-corrected chi connectivity index (χ0v) is 22.7. The highest BCUT2D eigenvalue weighted by atomic mass is 35.5. The van der Waals surface area contributed by atoms with E-state index in [2.05, 4.69) is 40.0 Å². The number of hydrogen-bond donors (Lipinski definition) is 1. The molecule has 1 fully saturated rings. The zero-order valence-electron chi connectivity index (χ0n) is 22.0. The van der Waals surface area contributed by atoms with Crippen molar-refractivity contribution in [1.29, 1.82) is 0 Å². The third kappa shape index (κ3) is 5.11. The van der Waals surface area contributed by atoms with Crippen LogP contribution in [0.15, 0.2) is 48.8 Å². The maximum absolute atomic E-state index is 15.6. The number of ether oxygens (including phenoxy) is 1. The summed E-state index contributed by atoms with van der Waals surface area (Å²) in [6.45, 7) is 10.7. The number of anilines is 4. The van der Waals surface area contributed by atoms with Crippen molar-refractivity contribution >= 4 is 45.4 Å². The number of rotatable bonds is 8. The SMILES string of the molecule is CCCN(CC)c1cnc(N2CCOCC2)c(Nc2c(C)c(-c3ccccn3)nc3ccc(Cl)c(F)c23)c1. The number of fused-ring (bicyclic) bond motifs is 1. The Balaban J connectivity index is 1.71. The topological polar surface area (TPSA) is 66.4 Å². The molecule has 5 rings (SSSR count). The molecule has 1 N–H and O–H groups in total. The predicted octanol–water partition coefficient (Wildman–Crippen LogP) is 6.61. The average molecular weight is 535 g/mol. The lowest BCUT2D eigenvalue weighted by atomic mass is 10.0. The van der Waals surface area contributed by atoms with Crippen molar-refractivity contribution in [2.45, 2.75) is 27.2 Å². The minimum atomic E-state index is -0.506. The van der Waals surface area contributed by atoms with Crippen LogP contribution in [0.25, 0.3) is 22.3 Å². The van der Waals surface area contributed by atoms with E-state index in [-0.39, 0.29) is 5.02 Å². The molecule has 198 valence electrons. The largest absolute Gasteiger partial charge is 0.378 e. The first-order chi connectivity index (χ1) is 18.5. The highest BCUT2D eigenvalue weighted by Crippen LogP contribution is 2.40. The fourth-order valence-electron chi connectivity index (χ4n) is 4.90. The smallest absolute Gasteiger partial charge is 0.153 e. The van der Waals surface area contributed by atoms with E-state index in [1.807, 2.05) is 31.3 Å². The van der Waals surface area contributed by atoms with E-state index in [9.17, 15) is 0 Å². The molecule has 1 aliphatic heterocycles. The van der Waals surface area contributed by atoms with Gasteiger partial charge in [0.15, 0.2) is 11.6 Å². The number of benzene rings is 1. The zero-order chi connectivity index (χ0) is 26.6. The van der Waals surface area contributed by atoms with Crippen LogP contribution in [0.3, 0.4) is 0 Å². The number of aromatic nitrogens is 3. The highest BCUT2D eigenvalue weighted by molar-refractivity contribution is 6.31. The maximum atomic E-state index is 15.6. The van der Waals surface area contributed by atoms with Crippen LogP contribution in [-0.2, 0) is 4.74 Å². The molecule has 38 heavy (non-hydrogen) atoms. The minimum absolute atomic E-state index is 0.0488. The van der Waals surface area contributed by atoms with E-state index in [4.69, 9.17) is 26.3 Å². The summed E-state index contributed by atoms with van der Waals surface area (Å²) in [7, 11) is 0. The van der Waals surface area contributed by atoms with Crippen LogP contribution >= 0.6 is 11.6 Å². The number of pyridine rings is 3. The Morgan fingerprint density at radius 1 is 1.13 bits per heavy atom. The summed E-state index contributed by atoms with van der Waals surface area (Å²) < 4.78 is 21.2. The second-order valence-electron chi connectivity index (χ2n) is 9.30. The van der Waals surface area contributed by atoms with Gasteiger partial charge in [0.05, 0.1) is 63.8 Å². The fraction of sp³-hybridized carbons (Fsp3) is 0.345. The molecule has 3 aromatic heterocycles. The van der Waals surface area contributed by atoms with Crippen molar-refractivity contribution < 1.29 is 9.13 Å². The second-order valence-corrected chi connectivity index (χ2v) is 9.71. The summed E-state index contributed by atoms with van der Waals surface area (Å²) >= 11 is 6.26. The quantitative estimate of drug-likeness (QED) is 0.273. The van der Waals surface area contributed by atoms with Crippen molar-refractivity contribution in [2.24, 2.45) is 0 Å². The van der Waals surface area contributed by atoms with E-state index in [1.165, 1.54) is 0 Å². The number of hydrogen-bond acceptors (Lipinski definition) is 7. The monoisotopic (exact) mass is 534 g/mol. The molecular formula is C29H32ClFN6O. The van der Waals surface area contributed by atoms with Crippen molar-refractivity contribution in [2.75, 3.05) is 54.5 Å². The molecule has 0 amide bonds. The molecule has 1 aromatic carbocycles. The van der Waals surface area contributed by atoms with Gasteiger partial charge in [0.1, 0.15) is 0 Å². The van der Waals surface area contributed by atoms with Crippen molar-refractivity contribution in [3.8, 4) is 11.4 Å². The summed E-state index contributed by atoms with van der Waals surface area (Å²) in [6, 6.07) is 11.1. The molecule has 4 aromatic rings. The number of nitrogens with one attached hydrogen (secondary N) is 1. The second kappa shape index (κ2) is 11.5. The third-order valence-corrected chi connectivity index (χ3v) is 7.15. The Morgan fingerprint density at radius 3 is 2.66 bits per heavy atom. The third-order valence-electron chi connectivity index (χ3n) is 6.86. The van der Waals surface area contributed by atoms with Gasteiger partial charge in [0.25, 0.3) is 0 Å². The molecule has 0 bridgehead atoms. The minimum Gasteiger partial charge on any atom is -0.378 e. The van der Waals surface area contributed by atoms with Gasteiger partial charge in [-0.25, -0.2) is 14.4 Å². The van der Waals surface area contributed by atoms with Crippen LogP contribution < -0.4 is 15.1 Å². The Labute approximate surface area is 227 Å². The van der Waals surface area contributed by atoms with E-state index in [1.54, 1.807) is 18.3 Å². The first-order valence-electron chi connectivity index (χ1n) is 13.1. The molecule has 4 heterocycles. The standard InChI is InChI=1S/C29H32ClFN6O/c1-4-12-36(5-2)20-17-24(29(33-18-20)37-13-15-38-16-14-37)35-28-19(3)27(23-8-6-7-11-32-23)34-22-10-9-21(30)26(31)25(22)28/h6-11,17-18H,4-5,12-16H2,1-3H3,(H,34,35). The molecular weight excluding hydrogens is 503 g/mol. The van der Waals surface area contributed by atoms with Crippen LogP contribution in [0.4, 0.5) is 27.3 Å². The summed E-state index contributed by atoms with van der Waals surface area (Å²) in [5.41, 5.74) is 5.07. The van der Waals surface area contributed by atoms with Gasteiger partial charge in [0.2, 0.25) is 0 Å². The molecule has 1 aliphatic rings. The number of morpholine rings is 1. The van der Waals surface area contributed by atoms with Gasteiger partial charge in [-0.15, -0.1) is 0 Å². The summed E-state index contributed by atoms with van der Waals surface area (Å²) in [4.78, 5) is 18.7. The van der Waals surface area contributed by atoms with E-state index in [0.717, 1.165) is 55.4 Å². The molecule has 0 radical (unpaired) electrons. The van der Waals surface area contributed by atoms with Crippen LogP contribution in [0, 0.1) is 12.7 Å². The van der Waals surface area contributed by atoms with Crippen LogP contribution in [0.2, 0.25) is 5.02 Å². The van der Waals surface area contributed by atoms with Crippen molar-refractivity contribution in [1.82, 2.24) is 15.0 Å². The summed E-state index contributed by atoms with van der Waals surface area (Å²) in [5.74, 6) is 0.295. The molecule has 9 heteroatoms. The average Bonchev–Trinajstić information content (AvgIpc) is 2.96. The molecule has 7 nitrogen and oxygen atoms in total. The van der Waals surface area contributed by atoms with Crippen LogP contribution in [0.5, 0.6) is 0 Å². The van der Waals surface area contributed by atoms with E-state index >= 15 is 4.39 Å². The van der Waals surface area contributed by atoms with Gasteiger partial charge in [0, 0.05) is 37.9 Å². The molecule has 0 saturated carbocycles. The Morgan fingerprint density at radius 2 is 1.95 bits per heavy atom. The van der Waals surface area contributed by atoms with Crippen LogP contribution in [-0.4, -0.2) is 54.3 Å². The fourth-order valence-corrected chi connectivity index (χ4v) is 5.06. The summed E-state index contributed by atoms with van der Waals surface area (Å²) in [5, 5.41) is 3.97. The van der Waals surface area contributed by atoms with Crippen molar-refractivity contribution in [3.63, 3.8) is 0 Å². The number of halogens is 2. The Bertz CT molecular complexity index is 1430. The van der Waals surface area contributed by atoms with Gasteiger partial charge in [-0.2, -0.15) is 0 Å².